The van der Waals surface area contributed by atoms with Crippen LogP contribution in [0.25, 0.3) is 0 Å². The normalized spacial score (nSPS) is 29.8. The van der Waals surface area contributed by atoms with Crippen LogP contribution in [0.3, 0.4) is 0 Å². The van der Waals surface area contributed by atoms with Crippen molar-refractivity contribution in [1.29, 1.82) is 0 Å². The van der Waals surface area contributed by atoms with Gasteiger partial charge in [-0.1, -0.05) is 19.8 Å². The number of hydrogen-bond acceptors (Lipinski definition) is 2. The Morgan fingerprint density at radius 1 is 1.31 bits per heavy atom. The first-order valence-electron chi connectivity index (χ1n) is 6.97. The first-order chi connectivity index (χ1) is 7.55. The van der Waals surface area contributed by atoms with E-state index in [1.54, 1.807) is 0 Å². The molecule has 0 bridgehead atoms. The monoisotopic (exact) mass is 225 g/mol. The molecule has 1 heterocycles. The summed E-state index contributed by atoms with van der Waals surface area (Å²) in [7, 11) is 0. The zero-order valence-electron chi connectivity index (χ0n) is 11.1. The Morgan fingerprint density at radius 3 is 2.62 bits per heavy atom. The quantitative estimate of drug-likeness (QED) is 0.796. The van der Waals surface area contributed by atoms with Crippen LogP contribution in [0.2, 0.25) is 0 Å². The molecule has 1 saturated carbocycles. The summed E-state index contributed by atoms with van der Waals surface area (Å²) in [6.45, 7) is 7.84. The maximum atomic E-state index is 6.06. The topological polar surface area (TPSA) is 21.3 Å². The van der Waals surface area contributed by atoms with Crippen molar-refractivity contribution in [1.82, 2.24) is 5.32 Å². The Labute approximate surface area is 100 Å². The van der Waals surface area contributed by atoms with Crippen molar-refractivity contribution in [2.45, 2.75) is 82.9 Å². The van der Waals surface area contributed by atoms with Gasteiger partial charge in [0.2, 0.25) is 0 Å². The molecule has 1 N–H and O–H groups in total. The highest BCUT2D eigenvalue weighted by molar-refractivity contribution is 4.95. The van der Waals surface area contributed by atoms with Crippen LogP contribution in [-0.2, 0) is 4.74 Å². The zero-order chi connectivity index (χ0) is 11.6. The van der Waals surface area contributed by atoms with Crippen molar-refractivity contribution < 1.29 is 4.74 Å². The number of rotatable bonds is 3. The largest absolute Gasteiger partial charge is 0.375 e. The van der Waals surface area contributed by atoms with Crippen molar-refractivity contribution in [3.63, 3.8) is 0 Å². The lowest BCUT2D eigenvalue weighted by molar-refractivity contribution is -0.0863. The third-order valence-electron chi connectivity index (χ3n) is 4.49. The summed E-state index contributed by atoms with van der Waals surface area (Å²) < 4.78 is 6.06. The van der Waals surface area contributed by atoms with Crippen LogP contribution in [-0.4, -0.2) is 23.8 Å². The highest BCUT2D eigenvalue weighted by Crippen LogP contribution is 2.40. The fourth-order valence-electron chi connectivity index (χ4n) is 3.17. The summed E-state index contributed by atoms with van der Waals surface area (Å²) in [4.78, 5) is 0. The Bertz CT molecular complexity index is 231. The van der Waals surface area contributed by atoms with E-state index in [-0.39, 0.29) is 11.1 Å². The van der Waals surface area contributed by atoms with E-state index in [2.05, 4.69) is 26.1 Å². The molecule has 0 radical (unpaired) electrons. The fourth-order valence-corrected chi connectivity index (χ4v) is 3.17. The summed E-state index contributed by atoms with van der Waals surface area (Å²) in [6, 6.07) is 0.668. The van der Waals surface area contributed by atoms with Gasteiger partial charge < -0.3 is 10.1 Å². The van der Waals surface area contributed by atoms with Gasteiger partial charge in [0.1, 0.15) is 0 Å². The molecule has 2 heteroatoms. The maximum Gasteiger partial charge on any atom is 0.0697 e. The van der Waals surface area contributed by atoms with E-state index in [1.165, 1.54) is 44.9 Å². The van der Waals surface area contributed by atoms with Gasteiger partial charge in [-0.2, -0.15) is 0 Å². The van der Waals surface area contributed by atoms with Crippen molar-refractivity contribution in [2.24, 2.45) is 0 Å². The Kier molecular flexibility index (Phi) is 3.60. The van der Waals surface area contributed by atoms with E-state index in [0.29, 0.717) is 6.04 Å². The van der Waals surface area contributed by atoms with E-state index < -0.39 is 0 Å². The summed E-state index contributed by atoms with van der Waals surface area (Å²) in [5.41, 5.74) is 0.529. The van der Waals surface area contributed by atoms with Crippen LogP contribution in [0.4, 0.5) is 0 Å². The standard InChI is InChI=1S/C14H27NO/c1-4-13(2,3)15-12-7-10-16-14(11-12)8-5-6-9-14/h12,15H,4-11H2,1-3H3. The van der Waals surface area contributed by atoms with Gasteiger partial charge in [0.15, 0.2) is 0 Å². The van der Waals surface area contributed by atoms with Crippen LogP contribution in [0, 0.1) is 0 Å². The molecular formula is C14H27NO. The average Bonchev–Trinajstić information content (AvgIpc) is 2.66. The van der Waals surface area contributed by atoms with Crippen molar-refractivity contribution in [3.8, 4) is 0 Å². The molecule has 1 aliphatic carbocycles. The van der Waals surface area contributed by atoms with Gasteiger partial charge >= 0.3 is 0 Å². The lowest BCUT2D eigenvalue weighted by Gasteiger charge is -2.41. The van der Waals surface area contributed by atoms with Crippen molar-refractivity contribution >= 4 is 0 Å². The number of hydrogen-bond donors (Lipinski definition) is 1. The van der Waals surface area contributed by atoms with Gasteiger partial charge in [0, 0.05) is 18.2 Å². The minimum Gasteiger partial charge on any atom is -0.375 e. The molecule has 1 atom stereocenters. The minimum absolute atomic E-state index is 0.250. The molecule has 16 heavy (non-hydrogen) atoms. The van der Waals surface area contributed by atoms with Gasteiger partial charge in [0.05, 0.1) is 5.60 Å². The molecular weight excluding hydrogens is 198 g/mol. The molecule has 0 aromatic heterocycles. The molecule has 2 aliphatic rings. The molecule has 94 valence electrons. The zero-order valence-corrected chi connectivity index (χ0v) is 11.1. The maximum absolute atomic E-state index is 6.06. The van der Waals surface area contributed by atoms with Gasteiger partial charge in [-0.05, 0) is 46.0 Å². The second kappa shape index (κ2) is 4.66. The lowest BCUT2D eigenvalue weighted by Crippen LogP contribution is -2.52. The van der Waals surface area contributed by atoms with Crippen LogP contribution in [0.5, 0.6) is 0 Å². The molecule has 2 rings (SSSR count). The fraction of sp³-hybridized carbons (Fsp3) is 1.00. The van der Waals surface area contributed by atoms with Crippen LogP contribution in [0.1, 0.15) is 65.7 Å². The Hall–Kier alpha value is -0.0800. The molecule has 0 amide bonds. The van der Waals surface area contributed by atoms with E-state index in [0.717, 1.165) is 6.61 Å². The first kappa shape index (κ1) is 12.4. The van der Waals surface area contributed by atoms with E-state index >= 15 is 0 Å². The molecule has 1 unspecified atom stereocenters. The summed E-state index contributed by atoms with van der Waals surface area (Å²) in [5.74, 6) is 0. The van der Waals surface area contributed by atoms with Gasteiger partial charge in [-0.15, -0.1) is 0 Å². The van der Waals surface area contributed by atoms with Crippen LogP contribution in [0.15, 0.2) is 0 Å². The second-order valence-corrected chi connectivity index (χ2v) is 6.31. The van der Waals surface area contributed by atoms with Gasteiger partial charge in [-0.25, -0.2) is 0 Å². The molecule has 0 aromatic rings. The molecule has 1 spiro atoms. The Balaban J connectivity index is 1.91. The summed E-state index contributed by atoms with van der Waals surface area (Å²) in [6.07, 6.45) is 8.92. The first-order valence-corrected chi connectivity index (χ1v) is 6.97. The molecule has 1 saturated heterocycles. The highest BCUT2D eigenvalue weighted by Gasteiger charge is 2.40. The third-order valence-corrected chi connectivity index (χ3v) is 4.49. The average molecular weight is 225 g/mol. The van der Waals surface area contributed by atoms with Crippen molar-refractivity contribution in [2.75, 3.05) is 6.61 Å². The van der Waals surface area contributed by atoms with Crippen LogP contribution < -0.4 is 5.32 Å². The minimum atomic E-state index is 0.250. The number of ether oxygens (including phenoxy) is 1. The Morgan fingerprint density at radius 2 is 2.00 bits per heavy atom. The highest BCUT2D eigenvalue weighted by atomic mass is 16.5. The molecule has 2 nitrogen and oxygen atoms in total. The molecule has 2 fully saturated rings. The predicted molar refractivity (Wildman–Crippen MR) is 67.7 cm³/mol. The predicted octanol–water partition coefficient (Wildman–Crippen LogP) is 3.26. The summed E-state index contributed by atoms with van der Waals surface area (Å²) >= 11 is 0. The van der Waals surface area contributed by atoms with E-state index in [1.807, 2.05) is 0 Å². The smallest absolute Gasteiger partial charge is 0.0697 e. The van der Waals surface area contributed by atoms with E-state index in [9.17, 15) is 0 Å². The summed E-state index contributed by atoms with van der Waals surface area (Å²) in [5, 5.41) is 3.82. The third kappa shape index (κ3) is 2.78. The molecule has 0 aromatic carbocycles. The lowest BCUT2D eigenvalue weighted by atomic mass is 9.87. The van der Waals surface area contributed by atoms with Gasteiger partial charge in [-0.3, -0.25) is 0 Å². The molecule has 1 aliphatic heterocycles. The van der Waals surface area contributed by atoms with Crippen molar-refractivity contribution in [3.05, 3.63) is 0 Å². The SMILES string of the molecule is CCC(C)(C)NC1CCOC2(CCCC2)C1. The van der Waals surface area contributed by atoms with Crippen LogP contribution >= 0.6 is 0 Å². The second-order valence-electron chi connectivity index (χ2n) is 6.31. The van der Waals surface area contributed by atoms with Gasteiger partial charge in [0.25, 0.3) is 0 Å². The number of nitrogens with one attached hydrogen (secondary N) is 1. The van der Waals surface area contributed by atoms with E-state index in [4.69, 9.17) is 4.74 Å².